The number of anilines is 1. The molecule has 0 radical (unpaired) electrons. The van der Waals surface area contributed by atoms with Gasteiger partial charge in [-0.1, -0.05) is 12.1 Å². The van der Waals surface area contributed by atoms with Crippen molar-refractivity contribution in [2.24, 2.45) is 0 Å². The molecule has 1 saturated heterocycles. The maximum atomic E-state index is 12.4. The fourth-order valence-corrected chi connectivity index (χ4v) is 2.83. The fourth-order valence-electron chi connectivity index (χ4n) is 2.83. The summed E-state index contributed by atoms with van der Waals surface area (Å²) < 4.78 is 10.3. The van der Waals surface area contributed by atoms with Crippen molar-refractivity contribution in [3.8, 4) is 5.88 Å². The zero-order chi connectivity index (χ0) is 19.1. The third-order valence-electron chi connectivity index (χ3n) is 4.29. The monoisotopic (exact) mass is 369 g/mol. The van der Waals surface area contributed by atoms with E-state index < -0.39 is 0 Å². The van der Waals surface area contributed by atoms with Crippen molar-refractivity contribution in [1.82, 2.24) is 9.88 Å². The van der Waals surface area contributed by atoms with Crippen molar-refractivity contribution in [1.29, 1.82) is 0 Å². The van der Waals surface area contributed by atoms with Crippen LogP contribution < -0.4 is 10.1 Å². The van der Waals surface area contributed by atoms with E-state index in [1.54, 1.807) is 37.6 Å². The zero-order valence-corrected chi connectivity index (χ0v) is 15.3. The molecular formula is C20H23N3O4. The minimum Gasteiger partial charge on any atom is -0.475 e. The third-order valence-corrected chi connectivity index (χ3v) is 4.29. The smallest absolute Gasteiger partial charge is 0.255 e. The first kappa shape index (κ1) is 18.8. The van der Waals surface area contributed by atoms with Crippen LogP contribution in [0.1, 0.15) is 28.8 Å². The zero-order valence-electron chi connectivity index (χ0n) is 15.3. The number of rotatable bonds is 8. The van der Waals surface area contributed by atoms with E-state index in [4.69, 9.17) is 9.47 Å². The largest absolute Gasteiger partial charge is 0.475 e. The SMILES string of the molecule is COCCOc1ccc(NC(=O)c2ccc(CN3CCCC3=O)cc2)cn1. The van der Waals surface area contributed by atoms with E-state index in [1.807, 2.05) is 17.0 Å². The van der Waals surface area contributed by atoms with Gasteiger partial charge in [0.1, 0.15) is 6.61 Å². The Morgan fingerprint density at radius 3 is 2.63 bits per heavy atom. The number of nitrogens with zero attached hydrogens (tertiary/aromatic N) is 2. The maximum absolute atomic E-state index is 12.4. The summed E-state index contributed by atoms with van der Waals surface area (Å²) in [5.41, 5.74) is 2.15. The van der Waals surface area contributed by atoms with Crippen LogP contribution in [-0.4, -0.2) is 48.6 Å². The number of carbonyl (C=O) groups is 2. The molecule has 0 spiro atoms. The fraction of sp³-hybridized carbons (Fsp3) is 0.350. The molecule has 1 aromatic heterocycles. The first-order valence-electron chi connectivity index (χ1n) is 8.91. The molecule has 1 aliphatic rings. The molecule has 0 saturated carbocycles. The Kier molecular flexibility index (Phi) is 6.38. The Balaban J connectivity index is 1.53. The Hall–Kier alpha value is -2.93. The number of likely N-dealkylation sites (tertiary alicyclic amines) is 1. The Morgan fingerprint density at radius 1 is 1.19 bits per heavy atom. The van der Waals surface area contributed by atoms with Gasteiger partial charge in [0.05, 0.1) is 18.5 Å². The second-order valence-corrected chi connectivity index (χ2v) is 6.30. The molecule has 142 valence electrons. The van der Waals surface area contributed by atoms with Crippen molar-refractivity contribution in [3.63, 3.8) is 0 Å². The van der Waals surface area contributed by atoms with Crippen LogP contribution in [-0.2, 0) is 16.1 Å². The van der Waals surface area contributed by atoms with E-state index in [2.05, 4.69) is 10.3 Å². The molecule has 2 heterocycles. The summed E-state index contributed by atoms with van der Waals surface area (Å²) in [5, 5.41) is 2.81. The Labute approximate surface area is 158 Å². The second-order valence-electron chi connectivity index (χ2n) is 6.30. The van der Waals surface area contributed by atoms with E-state index >= 15 is 0 Å². The molecule has 0 atom stereocenters. The number of pyridine rings is 1. The minimum absolute atomic E-state index is 0.193. The molecule has 0 bridgehead atoms. The van der Waals surface area contributed by atoms with Gasteiger partial charge in [-0.3, -0.25) is 9.59 Å². The number of hydrogen-bond acceptors (Lipinski definition) is 5. The normalized spacial score (nSPS) is 13.7. The molecule has 7 nitrogen and oxygen atoms in total. The van der Waals surface area contributed by atoms with Crippen LogP contribution in [0.15, 0.2) is 42.6 Å². The molecule has 7 heteroatoms. The van der Waals surface area contributed by atoms with Crippen LogP contribution in [0.4, 0.5) is 5.69 Å². The van der Waals surface area contributed by atoms with Gasteiger partial charge >= 0.3 is 0 Å². The van der Waals surface area contributed by atoms with Crippen LogP contribution in [0.25, 0.3) is 0 Å². The minimum atomic E-state index is -0.214. The van der Waals surface area contributed by atoms with E-state index in [0.29, 0.717) is 43.3 Å². The Bertz CT molecular complexity index is 775. The molecule has 3 rings (SSSR count). The van der Waals surface area contributed by atoms with Gasteiger partial charge in [-0.25, -0.2) is 4.98 Å². The highest BCUT2D eigenvalue weighted by atomic mass is 16.5. The number of ether oxygens (including phenoxy) is 2. The number of nitrogens with one attached hydrogen (secondary N) is 1. The summed E-state index contributed by atoms with van der Waals surface area (Å²) >= 11 is 0. The predicted octanol–water partition coefficient (Wildman–Crippen LogP) is 2.48. The van der Waals surface area contributed by atoms with Crippen molar-refractivity contribution in [2.75, 3.05) is 32.2 Å². The van der Waals surface area contributed by atoms with Crippen molar-refractivity contribution >= 4 is 17.5 Å². The summed E-state index contributed by atoms with van der Waals surface area (Å²) in [6.45, 7) is 2.31. The van der Waals surface area contributed by atoms with Gasteiger partial charge in [-0.05, 0) is 30.2 Å². The summed E-state index contributed by atoms with van der Waals surface area (Å²) in [5.74, 6) is 0.457. The van der Waals surface area contributed by atoms with Gasteiger partial charge < -0.3 is 19.7 Å². The molecule has 2 amide bonds. The highest BCUT2D eigenvalue weighted by molar-refractivity contribution is 6.04. The van der Waals surface area contributed by atoms with Gasteiger partial charge in [0.2, 0.25) is 11.8 Å². The van der Waals surface area contributed by atoms with Crippen molar-refractivity contribution in [2.45, 2.75) is 19.4 Å². The lowest BCUT2D eigenvalue weighted by Crippen LogP contribution is -2.23. The molecule has 1 fully saturated rings. The first-order chi connectivity index (χ1) is 13.2. The first-order valence-corrected chi connectivity index (χ1v) is 8.91. The van der Waals surface area contributed by atoms with Crippen molar-refractivity contribution < 1.29 is 19.1 Å². The summed E-state index contributed by atoms with van der Waals surface area (Å²) in [6, 6.07) is 10.7. The number of carbonyl (C=O) groups excluding carboxylic acids is 2. The van der Waals surface area contributed by atoms with Gasteiger partial charge in [0.15, 0.2) is 0 Å². The number of methoxy groups -OCH3 is 1. The lowest BCUT2D eigenvalue weighted by Gasteiger charge is -2.15. The van der Waals surface area contributed by atoms with Gasteiger partial charge in [0.25, 0.3) is 5.91 Å². The topological polar surface area (TPSA) is 80.8 Å². The molecule has 1 N–H and O–H groups in total. The average molecular weight is 369 g/mol. The lowest BCUT2D eigenvalue weighted by molar-refractivity contribution is -0.128. The standard InChI is InChI=1S/C20H23N3O4/c1-26-11-12-27-18-9-8-17(13-21-18)22-20(25)16-6-4-15(5-7-16)14-23-10-2-3-19(23)24/h4-9,13H,2-3,10-12,14H2,1H3,(H,22,25). The number of benzene rings is 1. The van der Waals surface area contributed by atoms with E-state index in [0.717, 1.165) is 18.5 Å². The van der Waals surface area contributed by atoms with E-state index in [1.165, 1.54) is 0 Å². The molecule has 27 heavy (non-hydrogen) atoms. The Morgan fingerprint density at radius 2 is 2.00 bits per heavy atom. The molecule has 2 aromatic rings. The van der Waals surface area contributed by atoms with E-state index in [-0.39, 0.29) is 11.8 Å². The molecule has 1 aliphatic heterocycles. The van der Waals surface area contributed by atoms with Crippen LogP contribution in [0, 0.1) is 0 Å². The van der Waals surface area contributed by atoms with Crippen LogP contribution >= 0.6 is 0 Å². The third kappa shape index (κ3) is 5.27. The number of aromatic nitrogens is 1. The molecule has 0 aliphatic carbocycles. The molecule has 0 unspecified atom stereocenters. The molecular weight excluding hydrogens is 346 g/mol. The van der Waals surface area contributed by atoms with Crippen LogP contribution in [0.2, 0.25) is 0 Å². The predicted molar refractivity (Wildman–Crippen MR) is 101 cm³/mol. The summed E-state index contributed by atoms with van der Waals surface area (Å²) in [4.78, 5) is 30.1. The highest BCUT2D eigenvalue weighted by Gasteiger charge is 2.20. The maximum Gasteiger partial charge on any atom is 0.255 e. The summed E-state index contributed by atoms with van der Waals surface area (Å²) in [7, 11) is 1.61. The number of hydrogen-bond donors (Lipinski definition) is 1. The van der Waals surface area contributed by atoms with E-state index in [9.17, 15) is 9.59 Å². The average Bonchev–Trinajstić information content (AvgIpc) is 3.08. The van der Waals surface area contributed by atoms with Gasteiger partial charge in [0, 0.05) is 38.2 Å². The van der Waals surface area contributed by atoms with Crippen LogP contribution in [0.3, 0.4) is 0 Å². The van der Waals surface area contributed by atoms with Crippen molar-refractivity contribution in [3.05, 3.63) is 53.7 Å². The van der Waals surface area contributed by atoms with Gasteiger partial charge in [-0.15, -0.1) is 0 Å². The second kappa shape index (κ2) is 9.14. The highest BCUT2D eigenvalue weighted by Crippen LogP contribution is 2.16. The number of amides is 2. The lowest BCUT2D eigenvalue weighted by atomic mass is 10.1. The summed E-state index contributed by atoms with van der Waals surface area (Å²) in [6.07, 6.45) is 3.10. The van der Waals surface area contributed by atoms with Gasteiger partial charge in [-0.2, -0.15) is 0 Å². The van der Waals surface area contributed by atoms with Crippen LogP contribution in [0.5, 0.6) is 5.88 Å². The quantitative estimate of drug-likeness (QED) is 0.723. The molecule has 1 aromatic carbocycles.